The van der Waals surface area contributed by atoms with Gasteiger partial charge >= 0.3 is 5.97 Å². The predicted molar refractivity (Wildman–Crippen MR) is 117 cm³/mol. The lowest BCUT2D eigenvalue weighted by Crippen LogP contribution is -2.39. The summed E-state index contributed by atoms with van der Waals surface area (Å²) >= 11 is 1.27. The molecule has 0 amide bonds. The Morgan fingerprint density at radius 2 is 2.16 bits per heavy atom. The standard InChI is InChI=1S/C23H19N3O5S/c1-3-29-22(28)19-13(2)25-23-26(20(19)15-6-7-16-17(10-15)31-12-30-16)21(27)18(32-23)9-14-5-4-8-24-11-14/h4-11,20H,3,12H2,1-2H3/b18-9-. The Morgan fingerprint density at radius 3 is 2.94 bits per heavy atom. The van der Waals surface area contributed by atoms with Crippen molar-refractivity contribution < 1.29 is 19.0 Å². The fourth-order valence-electron chi connectivity index (χ4n) is 3.80. The van der Waals surface area contributed by atoms with Crippen LogP contribution in [0.25, 0.3) is 6.08 Å². The molecule has 2 aliphatic heterocycles. The molecule has 0 radical (unpaired) electrons. The average molecular weight is 449 g/mol. The second kappa shape index (κ2) is 8.08. The molecule has 0 N–H and O–H groups in total. The minimum absolute atomic E-state index is 0.131. The minimum atomic E-state index is -0.698. The summed E-state index contributed by atoms with van der Waals surface area (Å²) in [5.74, 6) is 0.687. The van der Waals surface area contributed by atoms with Gasteiger partial charge in [0.2, 0.25) is 6.79 Å². The van der Waals surface area contributed by atoms with Gasteiger partial charge in [0.15, 0.2) is 16.3 Å². The van der Waals surface area contributed by atoms with Crippen molar-refractivity contribution >= 4 is 23.4 Å². The van der Waals surface area contributed by atoms with E-state index in [4.69, 9.17) is 14.2 Å². The number of aromatic nitrogens is 2. The zero-order valence-corrected chi connectivity index (χ0v) is 18.2. The van der Waals surface area contributed by atoms with Crippen molar-refractivity contribution in [1.29, 1.82) is 0 Å². The van der Waals surface area contributed by atoms with Crippen molar-refractivity contribution in [3.63, 3.8) is 0 Å². The largest absolute Gasteiger partial charge is 0.463 e. The number of rotatable bonds is 4. The van der Waals surface area contributed by atoms with Gasteiger partial charge in [0.1, 0.15) is 0 Å². The van der Waals surface area contributed by atoms with Crippen molar-refractivity contribution in [3.05, 3.63) is 84.8 Å². The van der Waals surface area contributed by atoms with E-state index in [9.17, 15) is 9.59 Å². The molecule has 0 bridgehead atoms. The molecule has 162 valence electrons. The van der Waals surface area contributed by atoms with Crippen LogP contribution in [0.5, 0.6) is 11.5 Å². The van der Waals surface area contributed by atoms with Gasteiger partial charge in [-0.3, -0.25) is 14.3 Å². The van der Waals surface area contributed by atoms with E-state index in [1.165, 1.54) is 11.3 Å². The summed E-state index contributed by atoms with van der Waals surface area (Å²) in [7, 11) is 0. The van der Waals surface area contributed by atoms with Crippen molar-refractivity contribution in [2.24, 2.45) is 4.99 Å². The van der Waals surface area contributed by atoms with Crippen LogP contribution >= 0.6 is 11.3 Å². The topological polar surface area (TPSA) is 92.0 Å². The van der Waals surface area contributed by atoms with Crippen LogP contribution in [0.15, 0.2) is 63.8 Å². The first-order chi connectivity index (χ1) is 15.6. The predicted octanol–water partition coefficient (Wildman–Crippen LogP) is 1.92. The fourth-order valence-corrected chi connectivity index (χ4v) is 4.85. The van der Waals surface area contributed by atoms with E-state index in [-0.39, 0.29) is 19.0 Å². The van der Waals surface area contributed by atoms with E-state index >= 15 is 0 Å². The third-order valence-corrected chi connectivity index (χ3v) is 6.19. The fraction of sp³-hybridized carbons (Fsp3) is 0.217. The maximum absolute atomic E-state index is 13.5. The maximum Gasteiger partial charge on any atom is 0.338 e. The maximum atomic E-state index is 13.5. The van der Waals surface area contributed by atoms with Crippen LogP contribution in [0.1, 0.15) is 31.0 Å². The van der Waals surface area contributed by atoms with Gasteiger partial charge < -0.3 is 14.2 Å². The Kier molecular flexibility index (Phi) is 5.10. The minimum Gasteiger partial charge on any atom is -0.463 e. The quantitative estimate of drug-likeness (QED) is 0.565. The highest BCUT2D eigenvalue weighted by Gasteiger charge is 2.34. The number of allylic oxidation sites excluding steroid dienone is 1. The van der Waals surface area contributed by atoms with Crippen LogP contribution in [0, 0.1) is 0 Å². The summed E-state index contributed by atoms with van der Waals surface area (Å²) in [4.78, 5) is 35.6. The highest BCUT2D eigenvalue weighted by molar-refractivity contribution is 7.07. The number of ether oxygens (including phenoxy) is 3. The number of esters is 1. The molecule has 1 aromatic carbocycles. The number of hydrogen-bond acceptors (Lipinski definition) is 8. The Labute approximate surface area is 186 Å². The summed E-state index contributed by atoms with van der Waals surface area (Å²) in [6, 6.07) is 8.38. The molecule has 2 aromatic heterocycles. The third kappa shape index (κ3) is 3.40. The summed E-state index contributed by atoms with van der Waals surface area (Å²) < 4.78 is 18.3. The molecular formula is C23H19N3O5S. The lowest BCUT2D eigenvalue weighted by molar-refractivity contribution is -0.139. The molecule has 5 rings (SSSR count). The third-order valence-electron chi connectivity index (χ3n) is 5.21. The van der Waals surface area contributed by atoms with Gasteiger partial charge in [-0.2, -0.15) is 0 Å². The molecule has 9 heteroatoms. The van der Waals surface area contributed by atoms with Crippen molar-refractivity contribution in [2.45, 2.75) is 19.9 Å². The molecule has 32 heavy (non-hydrogen) atoms. The normalized spacial score (nSPS) is 17.2. The molecule has 3 aromatic rings. The van der Waals surface area contributed by atoms with E-state index < -0.39 is 12.0 Å². The zero-order valence-electron chi connectivity index (χ0n) is 17.4. The van der Waals surface area contributed by atoms with E-state index in [2.05, 4.69) is 9.98 Å². The second-order valence-corrected chi connectivity index (χ2v) is 8.21. The van der Waals surface area contributed by atoms with Gasteiger partial charge in [-0.1, -0.05) is 23.5 Å². The second-order valence-electron chi connectivity index (χ2n) is 7.20. The van der Waals surface area contributed by atoms with E-state index in [1.54, 1.807) is 55.1 Å². The summed E-state index contributed by atoms with van der Waals surface area (Å²) in [6.07, 6.45) is 5.13. The Morgan fingerprint density at radius 1 is 1.31 bits per heavy atom. The average Bonchev–Trinajstić information content (AvgIpc) is 3.37. The van der Waals surface area contributed by atoms with Gasteiger partial charge in [-0.15, -0.1) is 0 Å². The van der Waals surface area contributed by atoms with E-state index in [0.29, 0.717) is 37.7 Å². The molecule has 8 nitrogen and oxygen atoms in total. The molecule has 0 spiro atoms. The molecule has 0 fully saturated rings. The number of pyridine rings is 1. The highest BCUT2D eigenvalue weighted by atomic mass is 32.1. The van der Waals surface area contributed by atoms with E-state index in [0.717, 1.165) is 5.56 Å². The smallest absolute Gasteiger partial charge is 0.338 e. The van der Waals surface area contributed by atoms with Crippen molar-refractivity contribution in [3.8, 4) is 11.5 Å². The number of fused-ring (bicyclic) bond motifs is 2. The molecule has 1 unspecified atom stereocenters. The summed E-state index contributed by atoms with van der Waals surface area (Å²) in [5, 5.41) is 0. The van der Waals surface area contributed by atoms with Crippen LogP contribution in [0.3, 0.4) is 0 Å². The van der Waals surface area contributed by atoms with Crippen LogP contribution in [0.4, 0.5) is 0 Å². The molecular weight excluding hydrogens is 430 g/mol. The van der Waals surface area contributed by atoms with E-state index in [1.807, 2.05) is 12.1 Å². The van der Waals surface area contributed by atoms with Gasteiger partial charge in [0.25, 0.3) is 5.56 Å². The van der Waals surface area contributed by atoms with Gasteiger partial charge in [-0.05, 0) is 49.2 Å². The molecule has 2 aliphatic rings. The van der Waals surface area contributed by atoms with Crippen LogP contribution < -0.4 is 24.4 Å². The van der Waals surface area contributed by atoms with Crippen molar-refractivity contribution in [2.75, 3.05) is 13.4 Å². The van der Waals surface area contributed by atoms with Gasteiger partial charge in [0.05, 0.1) is 28.5 Å². The summed E-state index contributed by atoms with van der Waals surface area (Å²) in [5.41, 5.74) is 2.11. The lowest BCUT2D eigenvalue weighted by Gasteiger charge is -2.24. The first-order valence-electron chi connectivity index (χ1n) is 10.1. The first kappa shape index (κ1) is 20.2. The van der Waals surface area contributed by atoms with Gasteiger partial charge in [0, 0.05) is 12.4 Å². The zero-order chi connectivity index (χ0) is 22.2. The highest BCUT2D eigenvalue weighted by Crippen LogP contribution is 2.38. The Hall–Kier alpha value is -3.72. The van der Waals surface area contributed by atoms with Crippen LogP contribution in [-0.4, -0.2) is 28.9 Å². The molecule has 0 saturated carbocycles. The molecule has 4 heterocycles. The van der Waals surface area contributed by atoms with Gasteiger partial charge in [-0.25, -0.2) is 9.79 Å². The number of carbonyl (C=O) groups is 1. The van der Waals surface area contributed by atoms with Crippen molar-refractivity contribution in [1.82, 2.24) is 9.55 Å². The number of benzene rings is 1. The monoisotopic (exact) mass is 449 g/mol. The first-order valence-corrected chi connectivity index (χ1v) is 10.9. The molecule has 1 atom stereocenters. The molecule has 0 aliphatic carbocycles. The molecule has 0 saturated heterocycles. The van der Waals surface area contributed by atoms with Crippen LogP contribution in [-0.2, 0) is 9.53 Å². The van der Waals surface area contributed by atoms with Crippen LogP contribution in [0.2, 0.25) is 0 Å². The lowest BCUT2D eigenvalue weighted by atomic mass is 9.95. The number of nitrogens with zero attached hydrogens (tertiary/aromatic N) is 3. The Bertz CT molecular complexity index is 1420. The number of thiazole rings is 1. The number of hydrogen-bond donors (Lipinski definition) is 0. The number of carbonyl (C=O) groups excluding carboxylic acids is 1. The SMILES string of the molecule is CCOC(=O)C1=C(C)N=c2s/c(=C\c3cccnc3)c(=O)n2C1c1ccc2c(c1)OCO2. The summed E-state index contributed by atoms with van der Waals surface area (Å²) in [6.45, 7) is 3.85. The Balaban J connectivity index is 1.73.